The largest absolute Gasteiger partial charge is 0.326 e. The normalized spacial score (nSPS) is 10.6. The Kier molecular flexibility index (Phi) is 6.73. The van der Waals surface area contributed by atoms with Crippen molar-refractivity contribution in [3.8, 4) is 6.07 Å². The molecule has 2 N–H and O–H groups in total. The van der Waals surface area contributed by atoms with Gasteiger partial charge in [-0.25, -0.2) is 0 Å². The van der Waals surface area contributed by atoms with Crippen LogP contribution in [0.2, 0.25) is 0 Å². The number of carbonyl (C=O) groups excluding carboxylic acids is 2. The van der Waals surface area contributed by atoms with E-state index < -0.39 is 5.91 Å². The fourth-order valence-electron chi connectivity index (χ4n) is 2.90. The van der Waals surface area contributed by atoms with Gasteiger partial charge in [0.15, 0.2) is 0 Å². The maximum Gasteiger partial charge on any atom is 0.233 e. The maximum absolute atomic E-state index is 12.5. The van der Waals surface area contributed by atoms with Crippen LogP contribution in [0.25, 0.3) is 0 Å². The standard InChI is InChI=1S/C22H25N3O2/c1-14(2)18-9-6-10-19(15(3)4)22(18)25-21(27)12-20(26)24-17-8-5-7-16(11-17)13-23/h5-11,14-15H,12H2,1-4H3,(H,24,26)(H,25,27). The Hall–Kier alpha value is -3.13. The Morgan fingerprint density at radius 1 is 0.926 bits per heavy atom. The first-order valence-corrected chi connectivity index (χ1v) is 9.04. The number of amides is 2. The molecule has 0 atom stereocenters. The van der Waals surface area contributed by atoms with Crippen molar-refractivity contribution in [1.82, 2.24) is 0 Å². The number of carbonyl (C=O) groups is 2. The van der Waals surface area contributed by atoms with Crippen LogP contribution in [0.4, 0.5) is 11.4 Å². The molecule has 0 aliphatic carbocycles. The third-order valence-electron chi connectivity index (χ3n) is 4.23. The third kappa shape index (κ3) is 5.42. The number of hydrogen-bond acceptors (Lipinski definition) is 3. The number of nitrogens with one attached hydrogen (secondary N) is 2. The second-order valence-corrected chi connectivity index (χ2v) is 7.09. The zero-order chi connectivity index (χ0) is 20.0. The van der Waals surface area contributed by atoms with Crippen LogP contribution in [0.15, 0.2) is 42.5 Å². The van der Waals surface area contributed by atoms with E-state index in [0.717, 1.165) is 16.8 Å². The molecule has 140 valence electrons. The number of nitriles is 1. The van der Waals surface area contributed by atoms with Gasteiger partial charge in [0, 0.05) is 11.4 Å². The van der Waals surface area contributed by atoms with Crippen LogP contribution in [-0.4, -0.2) is 11.8 Å². The van der Waals surface area contributed by atoms with E-state index in [1.165, 1.54) is 0 Å². The zero-order valence-corrected chi connectivity index (χ0v) is 16.2. The molecule has 0 unspecified atom stereocenters. The minimum Gasteiger partial charge on any atom is -0.326 e. The summed E-state index contributed by atoms with van der Waals surface area (Å²) in [7, 11) is 0. The van der Waals surface area contributed by atoms with E-state index in [1.807, 2.05) is 24.3 Å². The van der Waals surface area contributed by atoms with Crippen molar-refractivity contribution in [2.45, 2.75) is 46.0 Å². The summed E-state index contributed by atoms with van der Waals surface area (Å²) in [4.78, 5) is 24.7. The van der Waals surface area contributed by atoms with Gasteiger partial charge in [-0.3, -0.25) is 9.59 Å². The molecule has 0 saturated carbocycles. The highest BCUT2D eigenvalue weighted by Gasteiger charge is 2.17. The quantitative estimate of drug-likeness (QED) is 0.725. The topological polar surface area (TPSA) is 82.0 Å². The predicted molar refractivity (Wildman–Crippen MR) is 108 cm³/mol. The average Bonchev–Trinajstić information content (AvgIpc) is 2.61. The first-order chi connectivity index (χ1) is 12.8. The van der Waals surface area contributed by atoms with E-state index >= 15 is 0 Å². The summed E-state index contributed by atoms with van der Waals surface area (Å²) in [6, 6.07) is 14.6. The first kappa shape index (κ1) is 20.2. The predicted octanol–water partition coefficient (Wildman–Crippen LogP) is 4.77. The van der Waals surface area contributed by atoms with Gasteiger partial charge in [0.25, 0.3) is 0 Å². The monoisotopic (exact) mass is 363 g/mol. The van der Waals surface area contributed by atoms with Gasteiger partial charge < -0.3 is 10.6 Å². The summed E-state index contributed by atoms with van der Waals surface area (Å²) in [5.41, 5.74) is 3.85. The van der Waals surface area contributed by atoms with Crippen LogP contribution >= 0.6 is 0 Å². The third-order valence-corrected chi connectivity index (χ3v) is 4.23. The molecule has 0 aliphatic rings. The van der Waals surface area contributed by atoms with Gasteiger partial charge in [-0.05, 0) is 41.2 Å². The molecule has 0 spiro atoms. The lowest BCUT2D eigenvalue weighted by Gasteiger charge is -2.20. The maximum atomic E-state index is 12.5. The van der Waals surface area contributed by atoms with E-state index in [2.05, 4.69) is 38.3 Å². The average molecular weight is 363 g/mol. The molecule has 0 aromatic heterocycles. The second-order valence-electron chi connectivity index (χ2n) is 7.09. The van der Waals surface area contributed by atoms with Crippen molar-refractivity contribution >= 4 is 23.2 Å². The first-order valence-electron chi connectivity index (χ1n) is 9.04. The van der Waals surface area contributed by atoms with Crippen LogP contribution in [-0.2, 0) is 9.59 Å². The molecule has 0 saturated heterocycles. The second kappa shape index (κ2) is 9.00. The van der Waals surface area contributed by atoms with Crippen molar-refractivity contribution in [3.05, 3.63) is 59.2 Å². The molecular weight excluding hydrogens is 338 g/mol. The van der Waals surface area contributed by atoms with Crippen LogP contribution in [0.3, 0.4) is 0 Å². The molecular formula is C22H25N3O2. The molecule has 2 amide bonds. The lowest BCUT2D eigenvalue weighted by molar-refractivity contribution is -0.123. The summed E-state index contributed by atoms with van der Waals surface area (Å²) >= 11 is 0. The van der Waals surface area contributed by atoms with E-state index in [0.29, 0.717) is 11.3 Å². The number of benzene rings is 2. The molecule has 5 nitrogen and oxygen atoms in total. The summed E-state index contributed by atoms with van der Waals surface area (Å²) in [5.74, 6) is -0.280. The van der Waals surface area contributed by atoms with Crippen molar-refractivity contribution in [3.63, 3.8) is 0 Å². The molecule has 2 aromatic carbocycles. The van der Waals surface area contributed by atoms with Crippen LogP contribution < -0.4 is 10.6 Å². The molecule has 0 bridgehead atoms. The summed E-state index contributed by atoms with van der Waals surface area (Å²) in [6.07, 6.45) is -0.291. The molecule has 2 rings (SSSR count). The van der Waals surface area contributed by atoms with E-state index in [1.54, 1.807) is 24.3 Å². The molecule has 0 heterocycles. The van der Waals surface area contributed by atoms with Crippen molar-refractivity contribution in [2.24, 2.45) is 0 Å². The Labute approximate surface area is 160 Å². The Balaban J connectivity index is 2.11. The number of para-hydroxylation sites is 1. The van der Waals surface area contributed by atoms with Crippen LogP contribution in [0.5, 0.6) is 0 Å². The minimum atomic E-state index is -0.421. The molecule has 0 radical (unpaired) electrons. The fraction of sp³-hybridized carbons (Fsp3) is 0.318. The van der Waals surface area contributed by atoms with E-state index in [4.69, 9.17) is 5.26 Å². The van der Waals surface area contributed by atoms with Crippen molar-refractivity contribution in [1.29, 1.82) is 5.26 Å². The SMILES string of the molecule is CC(C)c1cccc(C(C)C)c1NC(=O)CC(=O)Nc1cccc(C#N)c1. The molecule has 27 heavy (non-hydrogen) atoms. The van der Waals surface area contributed by atoms with E-state index in [9.17, 15) is 9.59 Å². The van der Waals surface area contributed by atoms with Crippen LogP contribution in [0, 0.1) is 11.3 Å². The smallest absolute Gasteiger partial charge is 0.233 e. The van der Waals surface area contributed by atoms with Gasteiger partial charge in [0.2, 0.25) is 11.8 Å². The molecule has 5 heteroatoms. The summed E-state index contributed by atoms with van der Waals surface area (Å²) in [5, 5.41) is 14.5. The molecule has 2 aromatic rings. The van der Waals surface area contributed by atoms with E-state index in [-0.39, 0.29) is 24.2 Å². The summed E-state index contributed by atoms with van der Waals surface area (Å²) < 4.78 is 0. The highest BCUT2D eigenvalue weighted by atomic mass is 16.2. The summed E-state index contributed by atoms with van der Waals surface area (Å²) in [6.45, 7) is 8.29. The Morgan fingerprint density at radius 2 is 1.48 bits per heavy atom. The number of rotatable bonds is 6. The van der Waals surface area contributed by atoms with Crippen molar-refractivity contribution < 1.29 is 9.59 Å². The van der Waals surface area contributed by atoms with Gasteiger partial charge in [0.05, 0.1) is 11.6 Å². The van der Waals surface area contributed by atoms with Gasteiger partial charge >= 0.3 is 0 Å². The Bertz CT molecular complexity index is 853. The highest BCUT2D eigenvalue weighted by Crippen LogP contribution is 2.32. The number of anilines is 2. The van der Waals surface area contributed by atoms with Gasteiger partial charge in [-0.1, -0.05) is 52.0 Å². The molecule has 0 aliphatic heterocycles. The number of hydrogen-bond donors (Lipinski definition) is 2. The zero-order valence-electron chi connectivity index (χ0n) is 16.2. The molecule has 0 fully saturated rings. The highest BCUT2D eigenvalue weighted by molar-refractivity contribution is 6.08. The van der Waals surface area contributed by atoms with Gasteiger partial charge in [-0.2, -0.15) is 5.26 Å². The fourth-order valence-corrected chi connectivity index (χ4v) is 2.90. The van der Waals surface area contributed by atoms with Crippen molar-refractivity contribution in [2.75, 3.05) is 10.6 Å². The van der Waals surface area contributed by atoms with Crippen LogP contribution in [0.1, 0.15) is 62.6 Å². The van der Waals surface area contributed by atoms with Gasteiger partial charge in [-0.15, -0.1) is 0 Å². The lowest BCUT2D eigenvalue weighted by atomic mass is 9.92. The Morgan fingerprint density at radius 3 is 2.04 bits per heavy atom. The van der Waals surface area contributed by atoms with Gasteiger partial charge in [0.1, 0.15) is 6.42 Å². The minimum absolute atomic E-state index is 0.251. The number of nitrogens with zero attached hydrogens (tertiary/aromatic N) is 1. The lowest BCUT2D eigenvalue weighted by Crippen LogP contribution is -2.23.